The molecule has 1 amide bonds. The largest absolute Gasteiger partial charge is 0.394 e. The van der Waals surface area contributed by atoms with Crippen LogP contribution in [0.5, 0.6) is 0 Å². The molecule has 12 unspecified atom stereocenters. The van der Waals surface area contributed by atoms with E-state index < -0.39 is 86.8 Å². The summed E-state index contributed by atoms with van der Waals surface area (Å²) in [7, 11) is 0. The van der Waals surface area contributed by atoms with Gasteiger partial charge in [0.1, 0.15) is 48.8 Å². The van der Waals surface area contributed by atoms with Gasteiger partial charge in [0.25, 0.3) is 0 Å². The molecule has 2 fully saturated rings. The van der Waals surface area contributed by atoms with E-state index in [2.05, 4.69) is 19.2 Å². The molecule has 2 saturated heterocycles. The summed E-state index contributed by atoms with van der Waals surface area (Å²) in [5, 5.41) is 86.9. The van der Waals surface area contributed by atoms with Crippen molar-refractivity contribution in [1.29, 1.82) is 0 Å². The Morgan fingerprint density at radius 1 is 0.486 bits per heavy atom. The first kappa shape index (κ1) is 66.8. The summed E-state index contributed by atoms with van der Waals surface area (Å²) in [6.07, 6.45) is 34.2. The smallest absolute Gasteiger partial charge is 0.220 e. The molecule has 0 saturated carbocycles. The van der Waals surface area contributed by atoms with Crippen LogP contribution in [0.25, 0.3) is 0 Å². The summed E-state index contributed by atoms with van der Waals surface area (Å²) in [6.45, 7) is 2.80. The van der Waals surface area contributed by atoms with Gasteiger partial charge in [-0.25, -0.2) is 0 Å². The Morgan fingerprint density at radius 3 is 1.28 bits per heavy atom. The first-order chi connectivity index (χ1) is 35.1. The fourth-order valence-corrected chi connectivity index (χ4v) is 10.1. The molecule has 0 radical (unpaired) electrons. The average Bonchev–Trinajstić information content (AvgIpc) is 3.38. The molecule has 0 aromatic rings. The predicted molar refractivity (Wildman–Crippen MR) is 286 cm³/mol. The molecule has 426 valence electrons. The average molecular weight is 1030 g/mol. The van der Waals surface area contributed by atoms with Crippen molar-refractivity contribution in [2.45, 2.75) is 331 Å². The van der Waals surface area contributed by atoms with Gasteiger partial charge in [0.15, 0.2) is 12.6 Å². The summed E-state index contributed by atoms with van der Waals surface area (Å²) in [5.41, 5.74) is 0. The van der Waals surface area contributed by atoms with Crippen molar-refractivity contribution >= 4 is 5.91 Å². The van der Waals surface area contributed by atoms with Crippen LogP contribution in [-0.2, 0) is 23.7 Å². The molecule has 9 N–H and O–H groups in total. The third kappa shape index (κ3) is 30.5. The molecule has 0 aliphatic carbocycles. The number of allylic oxidation sites excluding steroid dienone is 1. The van der Waals surface area contributed by atoms with Crippen LogP contribution in [-0.4, -0.2) is 140 Å². The van der Waals surface area contributed by atoms with Crippen LogP contribution >= 0.6 is 0 Å². The number of unbranched alkanes of at least 4 members (excludes halogenated alkanes) is 35. The van der Waals surface area contributed by atoms with Crippen molar-refractivity contribution in [3.63, 3.8) is 0 Å². The van der Waals surface area contributed by atoms with Crippen molar-refractivity contribution < 1.29 is 64.6 Å². The normalized spacial score (nSPS) is 25.6. The molecule has 0 aromatic carbocycles. The highest BCUT2D eigenvalue weighted by Crippen LogP contribution is 2.30. The number of amides is 1. The predicted octanol–water partition coefficient (Wildman–Crippen LogP) is 9.89. The number of nitrogens with one attached hydrogen (secondary N) is 1. The van der Waals surface area contributed by atoms with Gasteiger partial charge in [-0.3, -0.25) is 4.79 Å². The zero-order valence-corrected chi connectivity index (χ0v) is 45.7. The third-order valence-electron chi connectivity index (χ3n) is 15.0. The molecule has 2 rings (SSSR count). The Balaban J connectivity index is 1.67. The van der Waals surface area contributed by atoms with E-state index in [4.69, 9.17) is 18.9 Å². The zero-order valence-electron chi connectivity index (χ0n) is 45.7. The minimum atomic E-state index is -1.78. The highest BCUT2D eigenvalue weighted by molar-refractivity contribution is 5.76. The van der Waals surface area contributed by atoms with E-state index in [1.165, 1.54) is 193 Å². The molecule has 0 spiro atoms. The number of hydrogen-bond donors (Lipinski definition) is 9. The number of ether oxygens (including phenoxy) is 4. The lowest BCUT2D eigenvalue weighted by Gasteiger charge is -2.46. The molecular formula is C58H111NO13. The van der Waals surface area contributed by atoms with Gasteiger partial charge in [-0.05, 0) is 19.3 Å². The number of rotatable bonds is 48. The second-order valence-corrected chi connectivity index (χ2v) is 21.5. The third-order valence-corrected chi connectivity index (χ3v) is 15.0. The fraction of sp³-hybridized carbons (Fsp3) is 0.948. The zero-order chi connectivity index (χ0) is 52.4. The lowest BCUT2D eigenvalue weighted by Crippen LogP contribution is -2.65. The van der Waals surface area contributed by atoms with E-state index in [9.17, 15) is 45.6 Å². The molecule has 14 nitrogen and oxygen atoms in total. The lowest BCUT2D eigenvalue weighted by atomic mass is 9.97. The monoisotopic (exact) mass is 1030 g/mol. The van der Waals surface area contributed by atoms with Crippen LogP contribution in [0.4, 0.5) is 0 Å². The molecule has 2 heterocycles. The van der Waals surface area contributed by atoms with Crippen LogP contribution in [0.1, 0.15) is 258 Å². The van der Waals surface area contributed by atoms with E-state index >= 15 is 0 Å². The minimum Gasteiger partial charge on any atom is -0.394 e. The first-order valence-electron chi connectivity index (χ1n) is 29.9. The standard InChI is InChI=1S/C58H111NO13/c1-3-5-7-9-11-13-15-16-17-18-19-20-21-22-23-24-25-26-27-28-29-30-32-34-36-38-40-42-50(63)59-46(47(62)41-39-37-35-33-31-14-12-10-8-6-4-2)45-69-57-55(68)53(66)56(49(44-61)71-57)72-58-54(67)52(65)51(64)48(43-60)70-58/h39,41,46-49,51-58,60-62,64-68H,3-38,40,42-45H2,1-2H3,(H,59,63)/b41-39+. The number of hydrogen-bond acceptors (Lipinski definition) is 13. The van der Waals surface area contributed by atoms with Crippen LogP contribution in [0.3, 0.4) is 0 Å². The summed E-state index contributed by atoms with van der Waals surface area (Å²) in [6, 6.07) is -0.908. The van der Waals surface area contributed by atoms with Crippen LogP contribution in [0.15, 0.2) is 12.2 Å². The summed E-state index contributed by atoms with van der Waals surface area (Å²) < 4.78 is 22.7. The van der Waals surface area contributed by atoms with Crippen molar-refractivity contribution in [1.82, 2.24) is 5.32 Å². The van der Waals surface area contributed by atoms with Crippen molar-refractivity contribution in [2.24, 2.45) is 0 Å². The maximum atomic E-state index is 13.2. The minimum absolute atomic E-state index is 0.235. The lowest BCUT2D eigenvalue weighted by molar-refractivity contribution is -0.359. The quantitative estimate of drug-likeness (QED) is 0.0205. The Morgan fingerprint density at radius 2 is 0.861 bits per heavy atom. The van der Waals surface area contributed by atoms with E-state index in [-0.39, 0.29) is 18.9 Å². The van der Waals surface area contributed by atoms with E-state index in [1.807, 2.05) is 6.08 Å². The van der Waals surface area contributed by atoms with Gasteiger partial charge in [-0.15, -0.1) is 0 Å². The van der Waals surface area contributed by atoms with Gasteiger partial charge in [0.2, 0.25) is 5.91 Å². The van der Waals surface area contributed by atoms with E-state index in [0.29, 0.717) is 6.42 Å². The van der Waals surface area contributed by atoms with Gasteiger partial charge in [-0.2, -0.15) is 0 Å². The van der Waals surface area contributed by atoms with Crippen LogP contribution in [0, 0.1) is 0 Å². The van der Waals surface area contributed by atoms with E-state index in [1.54, 1.807) is 6.08 Å². The Bertz CT molecular complexity index is 1260. The molecule has 12 atom stereocenters. The SMILES string of the molecule is CCCCCCCCCCC/C=C/C(O)C(COC1OC(CO)C(OC2OC(CO)C(O)C(O)C2O)C(O)C1O)NC(=O)CCCCCCCCCCCCCCCCCCCCCCCCCCCCC. The Labute approximate surface area is 437 Å². The molecule has 14 heteroatoms. The topological polar surface area (TPSA) is 228 Å². The number of aliphatic hydroxyl groups excluding tert-OH is 8. The van der Waals surface area contributed by atoms with Crippen molar-refractivity contribution in [3.05, 3.63) is 12.2 Å². The highest BCUT2D eigenvalue weighted by Gasteiger charge is 2.51. The first-order valence-corrected chi connectivity index (χ1v) is 29.9. The second-order valence-electron chi connectivity index (χ2n) is 21.5. The fourth-order valence-electron chi connectivity index (χ4n) is 10.1. The van der Waals surface area contributed by atoms with Gasteiger partial charge in [-0.1, -0.05) is 244 Å². The van der Waals surface area contributed by atoms with Gasteiger partial charge < -0.3 is 65.1 Å². The van der Waals surface area contributed by atoms with Crippen LogP contribution < -0.4 is 5.32 Å². The molecule has 72 heavy (non-hydrogen) atoms. The summed E-state index contributed by atoms with van der Waals surface area (Å²) in [5.74, 6) is -0.235. The van der Waals surface area contributed by atoms with Crippen molar-refractivity contribution in [3.8, 4) is 0 Å². The molecule has 0 bridgehead atoms. The highest BCUT2D eigenvalue weighted by atomic mass is 16.7. The van der Waals surface area contributed by atoms with Crippen LogP contribution in [0.2, 0.25) is 0 Å². The maximum Gasteiger partial charge on any atom is 0.220 e. The Hall–Kier alpha value is -1.27. The number of carbonyl (C=O) groups is 1. The van der Waals surface area contributed by atoms with E-state index in [0.717, 1.165) is 38.5 Å². The van der Waals surface area contributed by atoms with Gasteiger partial charge in [0, 0.05) is 6.42 Å². The van der Waals surface area contributed by atoms with Crippen molar-refractivity contribution in [2.75, 3.05) is 19.8 Å². The molecular weight excluding hydrogens is 919 g/mol. The number of aliphatic hydroxyl groups is 8. The Kier molecular flexibility index (Phi) is 41.6. The molecule has 0 aromatic heterocycles. The maximum absolute atomic E-state index is 13.2. The second kappa shape index (κ2) is 44.8. The van der Waals surface area contributed by atoms with Gasteiger partial charge in [0.05, 0.1) is 32.0 Å². The molecule has 2 aliphatic heterocycles. The van der Waals surface area contributed by atoms with Gasteiger partial charge >= 0.3 is 0 Å². The summed E-state index contributed by atoms with van der Waals surface area (Å²) >= 11 is 0. The number of carbonyl (C=O) groups excluding carboxylic acids is 1. The molecule has 2 aliphatic rings. The summed E-state index contributed by atoms with van der Waals surface area (Å²) in [4.78, 5) is 13.2.